The van der Waals surface area contributed by atoms with Crippen molar-refractivity contribution in [3.63, 3.8) is 0 Å². The summed E-state index contributed by atoms with van der Waals surface area (Å²) in [7, 11) is 0. The fourth-order valence-corrected chi connectivity index (χ4v) is 1.84. The molecule has 17 heavy (non-hydrogen) atoms. The fourth-order valence-electron chi connectivity index (χ4n) is 1.76. The molecule has 0 aliphatic rings. The highest BCUT2D eigenvalue weighted by atomic mass is 32.1. The number of rotatable bonds is 11. The van der Waals surface area contributed by atoms with Gasteiger partial charge in [0.1, 0.15) is 0 Å². The zero-order chi connectivity index (χ0) is 12.8. The van der Waals surface area contributed by atoms with Crippen LogP contribution in [0, 0.1) is 0 Å². The lowest BCUT2D eigenvalue weighted by Gasteiger charge is -2.00. The van der Waals surface area contributed by atoms with E-state index in [4.69, 9.17) is 18.0 Å². The number of nitrogens with one attached hydrogen (secondary N) is 1. The minimum absolute atomic E-state index is 0.377. The van der Waals surface area contributed by atoms with Gasteiger partial charge < -0.3 is 11.1 Å². The van der Waals surface area contributed by atoms with Crippen molar-refractivity contribution in [1.29, 1.82) is 0 Å². The van der Waals surface area contributed by atoms with Gasteiger partial charge >= 0.3 is 0 Å². The Kier molecular flexibility index (Phi) is 13.0. The SMILES string of the molecule is CCCCCCCCCCC=CCNC(N)=S. The molecule has 0 aliphatic heterocycles. The van der Waals surface area contributed by atoms with Crippen LogP contribution in [0.3, 0.4) is 0 Å². The number of unbranched alkanes of at least 4 members (excludes halogenated alkanes) is 8. The van der Waals surface area contributed by atoms with Crippen LogP contribution < -0.4 is 11.1 Å². The standard InChI is InChI=1S/C14H28N2S/c1-2-3-4-5-6-7-8-9-10-11-12-13-16-14(15)17/h11-12H,2-10,13H2,1H3,(H3,15,16,17). The van der Waals surface area contributed by atoms with Crippen molar-refractivity contribution in [2.45, 2.75) is 64.7 Å². The maximum atomic E-state index is 5.31. The van der Waals surface area contributed by atoms with Crippen molar-refractivity contribution in [1.82, 2.24) is 5.32 Å². The molecule has 0 saturated heterocycles. The van der Waals surface area contributed by atoms with E-state index in [-0.39, 0.29) is 0 Å². The Morgan fingerprint density at radius 3 is 2.18 bits per heavy atom. The second kappa shape index (κ2) is 13.5. The first-order chi connectivity index (χ1) is 8.27. The molecule has 0 aromatic heterocycles. The molecule has 2 nitrogen and oxygen atoms in total. The third-order valence-corrected chi connectivity index (χ3v) is 2.93. The Bertz CT molecular complexity index is 202. The number of allylic oxidation sites excluding steroid dienone is 1. The predicted molar refractivity (Wildman–Crippen MR) is 81.2 cm³/mol. The fraction of sp³-hybridized carbons (Fsp3) is 0.786. The quantitative estimate of drug-likeness (QED) is 0.334. The van der Waals surface area contributed by atoms with E-state index in [0.717, 1.165) is 6.54 Å². The Labute approximate surface area is 112 Å². The summed E-state index contributed by atoms with van der Waals surface area (Å²) >= 11 is 4.71. The minimum atomic E-state index is 0.377. The molecule has 0 bridgehead atoms. The lowest BCUT2D eigenvalue weighted by Crippen LogP contribution is -2.28. The highest BCUT2D eigenvalue weighted by molar-refractivity contribution is 7.80. The summed E-state index contributed by atoms with van der Waals surface area (Å²) in [5.41, 5.74) is 5.31. The van der Waals surface area contributed by atoms with Crippen LogP contribution >= 0.6 is 12.2 Å². The number of thiocarbonyl (C=S) groups is 1. The highest BCUT2D eigenvalue weighted by Crippen LogP contribution is 2.09. The molecule has 0 amide bonds. The summed E-state index contributed by atoms with van der Waals surface area (Å²) in [5, 5.41) is 3.28. The molecule has 0 aromatic rings. The van der Waals surface area contributed by atoms with Crippen LogP contribution in [0.4, 0.5) is 0 Å². The normalized spacial score (nSPS) is 10.9. The van der Waals surface area contributed by atoms with Gasteiger partial charge in [0.15, 0.2) is 5.11 Å². The van der Waals surface area contributed by atoms with Gasteiger partial charge in [-0.15, -0.1) is 0 Å². The van der Waals surface area contributed by atoms with E-state index >= 15 is 0 Å². The average Bonchev–Trinajstić information content (AvgIpc) is 2.30. The van der Waals surface area contributed by atoms with Gasteiger partial charge in [0.2, 0.25) is 0 Å². The van der Waals surface area contributed by atoms with Crippen LogP contribution in [0.25, 0.3) is 0 Å². The lowest BCUT2D eigenvalue weighted by molar-refractivity contribution is 0.577. The monoisotopic (exact) mass is 256 g/mol. The third kappa shape index (κ3) is 15.4. The number of hydrogen-bond donors (Lipinski definition) is 2. The predicted octanol–water partition coefficient (Wildman–Crippen LogP) is 3.91. The Morgan fingerprint density at radius 2 is 1.59 bits per heavy atom. The van der Waals surface area contributed by atoms with E-state index < -0.39 is 0 Å². The van der Waals surface area contributed by atoms with Crippen LogP contribution in [0.2, 0.25) is 0 Å². The molecule has 0 fully saturated rings. The van der Waals surface area contributed by atoms with E-state index in [9.17, 15) is 0 Å². The summed E-state index contributed by atoms with van der Waals surface area (Å²) in [4.78, 5) is 0. The summed E-state index contributed by atoms with van der Waals surface area (Å²) in [5.74, 6) is 0. The maximum Gasteiger partial charge on any atom is 0.163 e. The molecule has 0 saturated carbocycles. The molecule has 3 N–H and O–H groups in total. The smallest absolute Gasteiger partial charge is 0.163 e. The van der Waals surface area contributed by atoms with Crippen LogP contribution in [-0.4, -0.2) is 11.7 Å². The molecule has 0 heterocycles. The van der Waals surface area contributed by atoms with E-state index in [2.05, 4.69) is 24.4 Å². The van der Waals surface area contributed by atoms with Crippen molar-refractivity contribution in [3.8, 4) is 0 Å². The van der Waals surface area contributed by atoms with Crippen molar-refractivity contribution in [2.24, 2.45) is 5.73 Å². The molecule has 0 rings (SSSR count). The van der Waals surface area contributed by atoms with Crippen LogP contribution in [-0.2, 0) is 0 Å². The summed E-state index contributed by atoms with van der Waals surface area (Å²) in [6, 6.07) is 0. The molecule has 0 aliphatic carbocycles. The zero-order valence-electron chi connectivity index (χ0n) is 11.2. The van der Waals surface area contributed by atoms with Crippen LogP contribution in [0.15, 0.2) is 12.2 Å². The second-order valence-corrected chi connectivity index (χ2v) is 4.92. The van der Waals surface area contributed by atoms with E-state index in [1.807, 2.05) is 0 Å². The first-order valence-corrected chi connectivity index (χ1v) is 7.36. The van der Waals surface area contributed by atoms with Gasteiger partial charge in [0.25, 0.3) is 0 Å². The zero-order valence-corrected chi connectivity index (χ0v) is 12.0. The van der Waals surface area contributed by atoms with Gasteiger partial charge in [0, 0.05) is 6.54 Å². The van der Waals surface area contributed by atoms with Gasteiger partial charge in [-0.05, 0) is 25.1 Å². The molecule has 0 radical (unpaired) electrons. The first kappa shape index (κ1) is 16.4. The Balaban J connectivity index is 3.05. The molecular weight excluding hydrogens is 228 g/mol. The Morgan fingerprint density at radius 1 is 1.00 bits per heavy atom. The van der Waals surface area contributed by atoms with Crippen molar-refractivity contribution in [3.05, 3.63) is 12.2 Å². The summed E-state index contributed by atoms with van der Waals surface area (Å²) in [6.45, 7) is 3.02. The molecule has 0 aromatic carbocycles. The van der Waals surface area contributed by atoms with Gasteiger partial charge in [-0.2, -0.15) is 0 Å². The molecule has 0 atom stereocenters. The van der Waals surface area contributed by atoms with E-state index in [1.165, 1.54) is 57.8 Å². The summed E-state index contributed by atoms with van der Waals surface area (Å²) in [6.07, 6.45) is 16.5. The number of nitrogens with two attached hydrogens (primary N) is 1. The first-order valence-electron chi connectivity index (χ1n) is 6.95. The number of hydrogen-bond acceptors (Lipinski definition) is 1. The minimum Gasteiger partial charge on any atom is -0.376 e. The lowest BCUT2D eigenvalue weighted by atomic mass is 10.1. The van der Waals surface area contributed by atoms with Crippen LogP contribution in [0.1, 0.15) is 64.7 Å². The second-order valence-electron chi connectivity index (χ2n) is 4.48. The third-order valence-electron chi connectivity index (χ3n) is 2.79. The highest BCUT2D eigenvalue weighted by Gasteiger charge is 1.90. The average molecular weight is 256 g/mol. The molecule has 0 spiro atoms. The maximum absolute atomic E-state index is 5.31. The summed E-state index contributed by atoms with van der Waals surface area (Å²) < 4.78 is 0. The molecule has 3 heteroatoms. The Hall–Kier alpha value is -0.570. The van der Waals surface area contributed by atoms with Crippen LogP contribution in [0.5, 0.6) is 0 Å². The molecule has 0 unspecified atom stereocenters. The topological polar surface area (TPSA) is 38.0 Å². The largest absolute Gasteiger partial charge is 0.376 e. The van der Waals surface area contributed by atoms with Gasteiger partial charge in [-0.25, -0.2) is 0 Å². The molecular formula is C14H28N2S. The van der Waals surface area contributed by atoms with Crippen molar-refractivity contribution in [2.75, 3.05) is 6.54 Å². The molecule has 100 valence electrons. The van der Waals surface area contributed by atoms with E-state index in [1.54, 1.807) is 0 Å². The van der Waals surface area contributed by atoms with E-state index in [0.29, 0.717) is 5.11 Å². The van der Waals surface area contributed by atoms with Crippen molar-refractivity contribution >= 4 is 17.3 Å². The van der Waals surface area contributed by atoms with Gasteiger partial charge in [-0.3, -0.25) is 0 Å². The van der Waals surface area contributed by atoms with Crippen molar-refractivity contribution < 1.29 is 0 Å². The van der Waals surface area contributed by atoms with Gasteiger partial charge in [0.05, 0.1) is 0 Å². The van der Waals surface area contributed by atoms with Gasteiger partial charge in [-0.1, -0.05) is 64.0 Å².